The summed E-state index contributed by atoms with van der Waals surface area (Å²) in [5.74, 6) is -0.0206. The van der Waals surface area contributed by atoms with Crippen LogP contribution < -0.4 is 4.74 Å². The highest BCUT2D eigenvalue weighted by atomic mass is 16.6. The Hall–Kier alpha value is -2.11. The molecule has 2 unspecified atom stereocenters. The fourth-order valence-corrected chi connectivity index (χ4v) is 1.80. The molecule has 0 spiro atoms. The molecule has 90 valence electrons. The van der Waals surface area contributed by atoms with Crippen LogP contribution in [0.25, 0.3) is 0 Å². The van der Waals surface area contributed by atoms with Crippen LogP contribution in [0.1, 0.15) is 28.9 Å². The lowest BCUT2D eigenvalue weighted by atomic mass is 10.0. The first-order valence-corrected chi connectivity index (χ1v) is 5.07. The number of ether oxygens (including phenoxy) is 2. The van der Waals surface area contributed by atoms with Gasteiger partial charge in [0.2, 0.25) is 0 Å². The topological polar surface area (TPSA) is 78.7 Å². The van der Waals surface area contributed by atoms with Gasteiger partial charge in [-0.15, -0.1) is 0 Å². The van der Waals surface area contributed by atoms with Gasteiger partial charge in [-0.1, -0.05) is 6.07 Å². The summed E-state index contributed by atoms with van der Waals surface area (Å²) in [6.07, 6.45) is -0.821. The van der Waals surface area contributed by atoms with Gasteiger partial charge in [-0.3, -0.25) is 10.1 Å². The number of hydrogen-bond donors (Lipinski definition) is 0. The molecule has 1 aliphatic heterocycles. The van der Waals surface area contributed by atoms with E-state index in [0.29, 0.717) is 16.9 Å². The van der Waals surface area contributed by atoms with Gasteiger partial charge in [0.25, 0.3) is 6.04 Å². The normalized spacial score (nSPS) is 19.4. The van der Waals surface area contributed by atoms with E-state index in [0.717, 1.165) is 0 Å². The minimum Gasteiger partial charge on any atom is -0.497 e. The molecule has 1 aliphatic rings. The molecule has 0 aliphatic carbocycles. The number of hydrogen-bond acceptors (Lipinski definition) is 5. The Bertz CT molecular complexity index is 485. The standard InChI is InChI=1S/C11H11NO5/c1-6(12(14)15)10-8-4-3-7(16-2)5-9(8)11(13)17-10/h3-6,10H,1-2H3. The van der Waals surface area contributed by atoms with Gasteiger partial charge in [-0.25, -0.2) is 4.79 Å². The van der Waals surface area contributed by atoms with Crippen molar-refractivity contribution in [3.05, 3.63) is 39.4 Å². The highest BCUT2D eigenvalue weighted by molar-refractivity contribution is 5.94. The Kier molecular flexibility index (Phi) is 2.71. The first-order chi connectivity index (χ1) is 8.04. The van der Waals surface area contributed by atoms with Crippen LogP contribution >= 0.6 is 0 Å². The molecule has 0 N–H and O–H groups in total. The quantitative estimate of drug-likeness (QED) is 0.453. The molecular weight excluding hydrogens is 226 g/mol. The van der Waals surface area contributed by atoms with Crippen molar-refractivity contribution in [1.29, 1.82) is 0 Å². The highest BCUT2D eigenvalue weighted by Gasteiger charge is 2.40. The summed E-state index contributed by atoms with van der Waals surface area (Å²) in [6.45, 7) is 1.41. The third-order valence-electron chi connectivity index (χ3n) is 2.79. The maximum Gasteiger partial charge on any atom is 0.339 e. The molecule has 6 nitrogen and oxygen atoms in total. The molecule has 1 aromatic rings. The number of fused-ring (bicyclic) bond motifs is 1. The van der Waals surface area contributed by atoms with Crippen molar-refractivity contribution < 1.29 is 19.2 Å². The zero-order valence-electron chi connectivity index (χ0n) is 9.38. The van der Waals surface area contributed by atoms with E-state index in [4.69, 9.17) is 9.47 Å². The van der Waals surface area contributed by atoms with Crippen molar-refractivity contribution >= 4 is 5.97 Å². The maximum absolute atomic E-state index is 11.6. The Labute approximate surface area is 97.3 Å². The van der Waals surface area contributed by atoms with Gasteiger partial charge >= 0.3 is 5.97 Å². The Morgan fingerprint density at radius 2 is 2.24 bits per heavy atom. The molecule has 6 heteroatoms. The molecule has 0 saturated carbocycles. The van der Waals surface area contributed by atoms with Crippen LogP contribution in [0.15, 0.2) is 18.2 Å². The average Bonchev–Trinajstić information content (AvgIpc) is 2.65. The minimum absolute atomic E-state index is 0.336. The summed E-state index contributed by atoms with van der Waals surface area (Å²) in [7, 11) is 1.49. The Morgan fingerprint density at radius 1 is 1.53 bits per heavy atom. The van der Waals surface area contributed by atoms with Gasteiger partial charge in [-0.2, -0.15) is 0 Å². The van der Waals surface area contributed by atoms with Crippen LogP contribution in [-0.2, 0) is 4.74 Å². The molecule has 17 heavy (non-hydrogen) atoms. The van der Waals surface area contributed by atoms with Crippen molar-refractivity contribution in [3.8, 4) is 5.75 Å². The summed E-state index contributed by atoms with van der Waals surface area (Å²) in [5, 5.41) is 10.7. The first-order valence-electron chi connectivity index (χ1n) is 5.07. The third kappa shape index (κ3) is 1.82. The van der Waals surface area contributed by atoms with E-state index in [1.54, 1.807) is 12.1 Å². The number of cyclic esters (lactones) is 1. The number of rotatable bonds is 3. The Balaban J connectivity index is 2.41. The summed E-state index contributed by atoms with van der Waals surface area (Å²) in [4.78, 5) is 21.8. The largest absolute Gasteiger partial charge is 0.497 e. The van der Waals surface area contributed by atoms with Gasteiger partial charge < -0.3 is 9.47 Å². The predicted octanol–water partition coefficient (Wildman–Crippen LogP) is 1.57. The summed E-state index contributed by atoms with van der Waals surface area (Å²) in [5.41, 5.74) is 0.878. The van der Waals surface area contributed by atoms with Crippen LogP contribution in [0.2, 0.25) is 0 Å². The third-order valence-corrected chi connectivity index (χ3v) is 2.79. The van der Waals surface area contributed by atoms with Crippen molar-refractivity contribution in [3.63, 3.8) is 0 Å². The number of methoxy groups -OCH3 is 1. The van der Waals surface area contributed by atoms with Crippen LogP contribution in [0, 0.1) is 10.1 Å². The van der Waals surface area contributed by atoms with Crippen LogP contribution in [-0.4, -0.2) is 24.0 Å². The number of esters is 1. The van der Waals surface area contributed by atoms with Gasteiger partial charge in [-0.05, 0) is 12.1 Å². The lowest BCUT2D eigenvalue weighted by molar-refractivity contribution is -0.530. The van der Waals surface area contributed by atoms with Gasteiger partial charge in [0.05, 0.1) is 12.7 Å². The number of carbonyl (C=O) groups is 1. The first kappa shape index (κ1) is 11.4. The smallest absolute Gasteiger partial charge is 0.339 e. The summed E-state index contributed by atoms with van der Waals surface area (Å²) < 4.78 is 10.0. The minimum atomic E-state index is -0.964. The van der Waals surface area contributed by atoms with E-state index < -0.39 is 23.0 Å². The second kappa shape index (κ2) is 4.04. The van der Waals surface area contributed by atoms with E-state index in [-0.39, 0.29) is 0 Å². The molecule has 0 bridgehead atoms. The number of nitro groups is 1. The van der Waals surface area contributed by atoms with E-state index in [1.165, 1.54) is 20.1 Å². The summed E-state index contributed by atoms with van der Waals surface area (Å²) >= 11 is 0. The van der Waals surface area contributed by atoms with Crippen molar-refractivity contribution in [2.24, 2.45) is 0 Å². The molecule has 0 fully saturated rings. The van der Waals surface area contributed by atoms with Gasteiger partial charge in [0.1, 0.15) is 5.75 Å². The highest BCUT2D eigenvalue weighted by Crippen LogP contribution is 2.35. The molecule has 1 aromatic carbocycles. The molecule has 0 radical (unpaired) electrons. The van der Waals surface area contributed by atoms with Crippen LogP contribution in [0.3, 0.4) is 0 Å². The SMILES string of the molecule is COc1ccc2c(c1)C(=O)OC2C(C)[N+](=O)[O-]. The van der Waals surface area contributed by atoms with E-state index in [9.17, 15) is 14.9 Å². The number of nitrogens with zero attached hydrogens (tertiary/aromatic N) is 1. The fraction of sp³-hybridized carbons (Fsp3) is 0.364. The molecule has 2 rings (SSSR count). The molecule has 0 amide bonds. The fourth-order valence-electron chi connectivity index (χ4n) is 1.80. The second-order valence-corrected chi connectivity index (χ2v) is 3.81. The van der Waals surface area contributed by atoms with E-state index in [1.807, 2.05) is 0 Å². The van der Waals surface area contributed by atoms with Crippen LogP contribution in [0.5, 0.6) is 5.75 Å². The van der Waals surface area contributed by atoms with Crippen molar-refractivity contribution in [2.45, 2.75) is 19.1 Å². The second-order valence-electron chi connectivity index (χ2n) is 3.81. The molecule has 2 atom stereocenters. The molecule has 0 saturated heterocycles. The zero-order valence-corrected chi connectivity index (χ0v) is 9.38. The zero-order chi connectivity index (χ0) is 12.6. The molecule has 1 heterocycles. The lowest BCUT2D eigenvalue weighted by Crippen LogP contribution is -2.24. The van der Waals surface area contributed by atoms with Gasteiger partial charge in [0.15, 0.2) is 6.10 Å². The number of carbonyl (C=O) groups excluding carboxylic acids is 1. The Morgan fingerprint density at radius 3 is 2.82 bits per heavy atom. The van der Waals surface area contributed by atoms with Crippen molar-refractivity contribution in [2.75, 3.05) is 7.11 Å². The molecule has 0 aromatic heterocycles. The van der Waals surface area contributed by atoms with Gasteiger partial charge in [0, 0.05) is 17.4 Å². The average molecular weight is 237 g/mol. The predicted molar refractivity (Wildman–Crippen MR) is 57.6 cm³/mol. The summed E-state index contributed by atoms with van der Waals surface area (Å²) in [6, 6.07) is 3.85. The monoisotopic (exact) mass is 237 g/mol. The van der Waals surface area contributed by atoms with E-state index in [2.05, 4.69) is 0 Å². The lowest BCUT2D eigenvalue weighted by Gasteiger charge is -2.11. The number of benzene rings is 1. The van der Waals surface area contributed by atoms with Crippen molar-refractivity contribution in [1.82, 2.24) is 0 Å². The molecular formula is C11H11NO5. The van der Waals surface area contributed by atoms with Crippen LogP contribution in [0.4, 0.5) is 0 Å². The van der Waals surface area contributed by atoms with E-state index >= 15 is 0 Å². The maximum atomic E-state index is 11.6.